The molecule has 0 aliphatic carbocycles. The van der Waals surface area contributed by atoms with Crippen molar-refractivity contribution in [1.82, 2.24) is 16.3 Å². The molecule has 6 unspecified atom stereocenters. The summed E-state index contributed by atoms with van der Waals surface area (Å²) in [5.41, 5.74) is 10.4. The molecule has 8 heterocycles. The molecule has 3 N–H and O–H groups in total. The Bertz CT molecular complexity index is 1410. The number of hydrogen-bond donors (Lipinski definition) is 3. The third-order valence-corrected chi connectivity index (χ3v) is 13.5. The van der Waals surface area contributed by atoms with E-state index in [0.29, 0.717) is 65.5 Å². The average Bonchev–Trinajstić information content (AvgIpc) is 3.61. The number of nitrogens with one attached hydrogen (secondary N) is 3. The van der Waals surface area contributed by atoms with Crippen molar-refractivity contribution in [3.63, 3.8) is 0 Å². The summed E-state index contributed by atoms with van der Waals surface area (Å²) < 4.78 is 15.3. The summed E-state index contributed by atoms with van der Waals surface area (Å²) in [5.74, 6) is 8.40. The fourth-order valence-electron chi connectivity index (χ4n) is 7.79. The second kappa shape index (κ2) is 79.1. The van der Waals surface area contributed by atoms with E-state index in [4.69, 9.17) is 19.0 Å². The zero-order valence-corrected chi connectivity index (χ0v) is 64.7. The van der Waals surface area contributed by atoms with Crippen molar-refractivity contribution in [1.29, 1.82) is 0 Å². The van der Waals surface area contributed by atoms with Crippen LogP contribution in [0.25, 0.3) is 0 Å². The first-order chi connectivity index (χ1) is 42.4. The molecule has 0 fully saturated rings. The van der Waals surface area contributed by atoms with E-state index < -0.39 is 0 Å². The number of oxime groups is 1. The van der Waals surface area contributed by atoms with Gasteiger partial charge in [0.15, 0.2) is 18.7 Å². The number of hydrogen-bond acceptors (Lipinski definition) is 15. The van der Waals surface area contributed by atoms with Crippen molar-refractivity contribution in [2.24, 2.45) is 106 Å². The molecular formula is C73H157N11O4. The van der Waals surface area contributed by atoms with Gasteiger partial charge < -0.3 is 35.3 Å². The van der Waals surface area contributed by atoms with Gasteiger partial charge in [-0.25, -0.2) is 0 Å². The largest absolute Gasteiger partial charge is 0.483 e. The molecule has 8 rings (SSSR count). The Morgan fingerprint density at radius 3 is 1.38 bits per heavy atom. The molecule has 0 saturated heterocycles. The predicted octanol–water partition coefficient (Wildman–Crippen LogP) is 20.4. The molecular weight excluding hydrogens is 1090 g/mol. The Hall–Kier alpha value is -4.04. The smallest absolute Gasteiger partial charge is 0.185 e. The first-order valence-corrected chi connectivity index (χ1v) is 36.3. The normalized spacial score (nSPS) is 20.7. The molecule has 0 saturated carbocycles. The number of hydrazone groups is 3. The van der Waals surface area contributed by atoms with Crippen LogP contribution >= 0.6 is 0 Å². The van der Waals surface area contributed by atoms with Crippen molar-refractivity contribution >= 4 is 49.3 Å². The average molecular weight is 1250 g/mol. The minimum atomic E-state index is 0.356. The Morgan fingerprint density at radius 2 is 1.10 bits per heavy atom. The van der Waals surface area contributed by atoms with Crippen LogP contribution in [0.2, 0.25) is 0 Å². The van der Waals surface area contributed by atoms with Gasteiger partial charge in [0.25, 0.3) is 0 Å². The van der Waals surface area contributed by atoms with E-state index >= 15 is 0 Å². The molecule has 0 aromatic carbocycles. The summed E-state index contributed by atoms with van der Waals surface area (Å²) in [6.07, 6.45) is 24.3. The molecule has 15 heteroatoms. The van der Waals surface area contributed by atoms with Gasteiger partial charge in [-0.05, 0) is 105 Å². The molecule has 0 aromatic heterocycles. The fourth-order valence-corrected chi connectivity index (χ4v) is 7.79. The van der Waals surface area contributed by atoms with Crippen molar-refractivity contribution in [2.75, 3.05) is 52.5 Å². The van der Waals surface area contributed by atoms with Crippen LogP contribution in [0.4, 0.5) is 0 Å². The standard InChI is InChI=1S/C8H15N.3C7H14N2.4C7H13NO.8C2H6/c1-7(2)8-5-3-4-6-9-8;2*1-6(2)7-3-4-8-9-5-7;1-6(2)7-4-3-5-8-9-7;1-6(2)7-3-8-5-9-4-7;1-6(2)7-3-4-9-5-8-7;1-6(2)7-8-4-3-5-9-7;1-6(2)7-4-3-5-8-9-7;8*1-2/h7H,3-6H2,1-2H3;5-8H,3-4H2,1-2H3;4,6-7,9H,3,5H2,1-2H3;5-7,9H,3-4H2,1-2H3;2*5-7H,3-4H2,1-2H3;6H,3-5H2,1-2H3;5-7H,3-4H2,1-2H3;8*1-2H3. The lowest BCUT2D eigenvalue weighted by atomic mass is 9.93. The molecule has 15 nitrogen and oxygen atoms in total. The van der Waals surface area contributed by atoms with Crippen LogP contribution in [0.5, 0.6) is 0 Å². The van der Waals surface area contributed by atoms with E-state index in [0.717, 1.165) is 115 Å². The number of rotatable bonds is 8. The number of ether oxygens (including phenoxy) is 3. The molecule has 0 amide bonds. The summed E-state index contributed by atoms with van der Waals surface area (Å²) in [6, 6.07) is 1.11. The van der Waals surface area contributed by atoms with Crippen LogP contribution < -0.4 is 16.3 Å². The second-order valence-corrected chi connectivity index (χ2v) is 22.5. The van der Waals surface area contributed by atoms with Gasteiger partial charge in [-0.3, -0.25) is 20.0 Å². The summed E-state index contributed by atoms with van der Waals surface area (Å²) in [5, 5.41) is 15.7. The highest BCUT2D eigenvalue weighted by atomic mass is 16.6. The highest BCUT2D eigenvalue weighted by Crippen LogP contribution is 2.18. The maximum atomic E-state index is 5.29. The first-order valence-electron chi connectivity index (χ1n) is 36.3. The maximum Gasteiger partial charge on any atom is 0.185 e. The highest BCUT2D eigenvalue weighted by Gasteiger charge is 2.18. The van der Waals surface area contributed by atoms with E-state index in [1.807, 2.05) is 136 Å². The van der Waals surface area contributed by atoms with Gasteiger partial charge in [0.05, 0.1) is 25.9 Å². The first kappa shape index (κ1) is 100. The second-order valence-electron chi connectivity index (χ2n) is 22.5. The minimum Gasteiger partial charge on any atom is -0.483 e. The van der Waals surface area contributed by atoms with E-state index in [-0.39, 0.29) is 0 Å². The van der Waals surface area contributed by atoms with Crippen LogP contribution in [-0.4, -0.2) is 120 Å². The molecule has 88 heavy (non-hydrogen) atoms. The van der Waals surface area contributed by atoms with Gasteiger partial charge in [-0.15, -0.1) is 0 Å². The molecule has 0 spiro atoms. The SMILES string of the molecule is CC.CC.CC.CC.CC.CC.CC.CC.CC(C)C1=NCCCC1.CC(C)C1=NCCCO1.CC(C)C1C=NNCC1.CC(C)C1CC=NNC1.CC(C)C1CCC=NN1.CC(C)C1CCC=NO1.CC(C)C1CCOC=N1.CC(C)C1CN=COC1. The lowest BCUT2D eigenvalue weighted by Crippen LogP contribution is -2.32. The summed E-state index contributed by atoms with van der Waals surface area (Å²) in [6.45, 7) is 74.8. The summed E-state index contributed by atoms with van der Waals surface area (Å²) in [4.78, 5) is 22.0. The van der Waals surface area contributed by atoms with Crippen LogP contribution in [0.15, 0.2) is 40.4 Å². The number of nitrogens with zero attached hydrogens (tertiary/aromatic N) is 8. The molecule has 0 aromatic rings. The minimum absolute atomic E-state index is 0.356. The van der Waals surface area contributed by atoms with Gasteiger partial charge in [0.2, 0.25) is 0 Å². The Balaban J connectivity index is -0.000000134. The van der Waals surface area contributed by atoms with E-state index in [9.17, 15) is 0 Å². The quantitative estimate of drug-likeness (QED) is 0.217. The van der Waals surface area contributed by atoms with Crippen molar-refractivity contribution in [3.8, 4) is 0 Å². The molecule has 0 bridgehead atoms. The lowest BCUT2D eigenvalue weighted by Gasteiger charge is -2.22. The van der Waals surface area contributed by atoms with Crippen LogP contribution in [0.3, 0.4) is 0 Å². The monoisotopic (exact) mass is 1250 g/mol. The van der Waals surface area contributed by atoms with E-state index in [1.54, 1.807) is 12.8 Å². The molecule has 8 aliphatic rings. The third-order valence-electron chi connectivity index (χ3n) is 13.5. The van der Waals surface area contributed by atoms with Gasteiger partial charge in [0.1, 0.15) is 6.10 Å². The predicted molar refractivity (Wildman–Crippen MR) is 401 cm³/mol. The molecule has 6 atom stereocenters. The van der Waals surface area contributed by atoms with Crippen molar-refractivity contribution in [2.45, 2.75) is 310 Å². The Morgan fingerprint density at radius 1 is 0.500 bits per heavy atom. The van der Waals surface area contributed by atoms with Gasteiger partial charge >= 0.3 is 0 Å². The molecule has 528 valence electrons. The van der Waals surface area contributed by atoms with Gasteiger partial charge in [0, 0.05) is 99.9 Å². The highest BCUT2D eigenvalue weighted by molar-refractivity contribution is 5.86. The van der Waals surface area contributed by atoms with Crippen LogP contribution in [-0.2, 0) is 19.0 Å². The van der Waals surface area contributed by atoms with Crippen molar-refractivity contribution in [3.05, 3.63) is 0 Å². The maximum absolute atomic E-state index is 5.29. The van der Waals surface area contributed by atoms with Crippen LogP contribution in [0.1, 0.15) is 292 Å². The molecule has 0 radical (unpaired) electrons. The summed E-state index contributed by atoms with van der Waals surface area (Å²) in [7, 11) is 0. The third kappa shape index (κ3) is 63.5. The molecule has 8 aliphatic heterocycles. The zero-order chi connectivity index (χ0) is 69.5. The Kier molecular flexibility index (Phi) is 90.0. The fraction of sp³-hybridized carbons (Fsp3) is 0.890. The van der Waals surface area contributed by atoms with Crippen LogP contribution in [0, 0.1) is 65.1 Å². The van der Waals surface area contributed by atoms with E-state index in [2.05, 4.69) is 167 Å². The zero-order valence-electron chi connectivity index (χ0n) is 64.7. The lowest BCUT2D eigenvalue weighted by molar-refractivity contribution is 0.0146. The Labute approximate surface area is 550 Å². The summed E-state index contributed by atoms with van der Waals surface area (Å²) >= 11 is 0. The van der Waals surface area contributed by atoms with E-state index in [1.165, 1.54) is 37.8 Å². The number of aliphatic imine (C=N–C) groups is 4. The van der Waals surface area contributed by atoms with Gasteiger partial charge in [-0.2, -0.15) is 15.3 Å². The van der Waals surface area contributed by atoms with Crippen molar-refractivity contribution < 1.29 is 19.0 Å². The van der Waals surface area contributed by atoms with Gasteiger partial charge in [-0.1, -0.05) is 227 Å². The topological polar surface area (TPSA) is 172 Å².